The van der Waals surface area contributed by atoms with E-state index in [0.717, 1.165) is 36.2 Å². The first kappa shape index (κ1) is 27.9. The number of methoxy groups -OCH3 is 1. The lowest BCUT2D eigenvalue weighted by molar-refractivity contribution is -0.197. The van der Waals surface area contributed by atoms with Crippen molar-refractivity contribution in [1.29, 1.82) is 0 Å². The number of nitrogens with zero attached hydrogens (tertiary/aromatic N) is 2. The number of hydrogen-bond donors (Lipinski definition) is 1. The van der Waals surface area contributed by atoms with Crippen LogP contribution in [0.4, 0.5) is 13.2 Å². The summed E-state index contributed by atoms with van der Waals surface area (Å²) < 4.78 is 51.4. The normalized spacial score (nSPS) is 29.7. The highest BCUT2D eigenvalue weighted by atomic mass is 19.4. The van der Waals surface area contributed by atoms with Crippen LogP contribution >= 0.6 is 0 Å². The first-order chi connectivity index (χ1) is 19.4. The van der Waals surface area contributed by atoms with Crippen molar-refractivity contribution in [2.45, 2.75) is 74.9 Å². The summed E-state index contributed by atoms with van der Waals surface area (Å²) >= 11 is 0. The summed E-state index contributed by atoms with van der Waals surface area (Å²) in [5.74, 6) is 6.48. The highest BCUT2D eigenvalue weighted by molar-refractivity contribution is 5.94. The van der Waals surface area contributed by atoms with E-state index in [2.05, 4.69) is 29.9 Å². The SMILES string of the molecule is COc1ccc2c3c1O[C@H]1[C@H](N(CC(C)C)C(=O)C#Cc4ccc(C(F)(F)F)cc4)CC[C@@]4(O)[C@@H](C2)N(C)CC[C@]314. The van der Waals surface area contributed by atoms with Gasteiger partial charge in [-0.1, -0.05) is 25.8 Å². The molecule has 1 spiro atoms. The molecule has 1 saturated carbocycles. The van der Waals surface area contributed by atoms with Gasteiger partial charge in [-0.3, -0.25) is 4.79 Å². The number of hydrogen-bond acceptors (Lipinski definition) is 5. The molecule has 6 nitrogen and oxygen atoms in total. The van der Waals surface area contributed by atoms with Gasteiger partial charge in [0.1, 0.15) is 6.10 Å². The second kappa shape index (κ2) is 9.67. The van der Waals surface area contributed by atoms with E-state index in [1.807, 2.05) is 19.9 Å². The average Bonchev–Trinajstić information content (AvgIpc) is 3.28. The number of halogens is 3. The van der Waals surface area contributed by atoms with Crippen molar-refractivity contribution in [3.05, 3.63) is 58.7 Å². The molecule has 9 heteroatoms. The molecule has 2 aliphatic heterocycles. The van der Waals surface area contributed by atoms with Gasteiger partial charge in [-0.25, -0.2) is 0 Å². The molecule has 2 aliphatic carbocycles. The topological polar surface area (TPSA) is 62.2 Å². The Balaban J connectivity index is 1.39. The predicted molar refractivity (Wildman–Crippen MR) is 147 cm³/mol. The molecule has 6 rings (SSSR count). The maximum absolute atomic E-state index is 13.7. The van der Waals surface area contributed by atoms with E-state index in [-0.39, 0.29) is 18.0 Å². The van der Waals surface area contributed by atoms with Crippen molar-refractivity contribution in [3.8, 4) is 23.3 Å². The zero-order chi connectivity index (χ0) is 29.3. The van der Waals surface area contributed by atoms with Crippen LogP contribution in [0.1, 0.15) is 55.4 Å². The third kappa shape index (κ3) is 4.13. The minimum Gasteiger partial charge on any atom is -0.493 e. The Hall–Kier alpha value is -3.22. The highest BCUT2D eigenvalue weighted by Gasteiger charge is 2.73. The Bertz CT molecular complexity index is 1430. The summed E-state index contributed by atoms with van der Waals surface area (Å²) in [7, 11) is 3.67. The van der Waals surface area contributed by atoms with E-state index in [4.69, 9.17) is 9.47 Å². The molecule has 218 valence electrons. The summed E-state index contributed by atoms with van der Waals surface area (Å²) in [6.07, 6.45) is -2.47. The molecule has 4 aliphatic rings. The van der Waals surface area contributed by atoms with Gasteiger partial charge >= 0.3 is 6.18 Å². The number of ether oxygens (including phenoxy) is 2. The first-order valence-corrected chi connectivity index (χ1v) is 14.2. The molecule has 2 aromatic rings. The minimum atomic E-state index is -4.44. The Morgan fingerprint density at radius 1 is 1.22 bits per heavy atom. The molecule has 0 aromatic heterocycles. The van der Waals surface area contributed by atoms with Crippen molar-refractivity contribution in [3.63, 3.8) is 0 Å². The second-order valence-corrected chi connectivity index (χ2v) is 12.3. The van der Waals surface area contributed by atoms with Crippen molar-refractivity contribution >= 4 is 5.91 Å². The molecular formula is C32H35F3N2O4. The van der Waals surface area contributed by atoms with Gasteiger partial charge in [-0.05, 0) is 81.1 Å². The van der Waals surface area contributed by atoms with Crippen LogP contribution in [0.3, 0.4) is 0 Å². The van der Waals surface area contributed by atoms with Crippen LogP contribution in [0.5, 0.6) is 11.5 Å². The van der Waals surface area contributed by atoms with Gasteiger partial charge in [-0.2, -0.15) is 13.2 Å². The molecule has 0 unspecified atom stereocenters. The van der Waals surface area contributed by atoms with Gasteiger partial charge in [0.2, 0.25) is 0 Å². The monoisotopic (exact) mass is 568 g/mol. The van der Waals surface area contributed by atoms with Crippen LogP contribution in [-0.4, -0.2) is 71.8 Å². The number of amides is 1. The number of carbonyl (C=O) groups is 1. The zero-order valence-corrected chi connectivity index (χ0v) is 23.7. The number of likely N-dealkylation sites (N-methyl/N-ethyl adjacent to an activating group) is 1. The summed E-state index contributed by atoms with van der Waals surface area (Å²) in [6.45, 7) is 5.28. The molecule has 41 heavy (non-hydrogen) atoms. The van der Waals surface area contributed by atoms with Crippen molar-refractivity contribution in [1.82, 2.24) is 9.80 Å². The van der Waals surface area contributed by atoms with Crippen LogP contribution < -0.4 is 9.47 Å². The van der Waals surface area contributed by atoms with Gasteiger partial charge in [0.05, 0.1) is 29.7 Å². The highest BCUT2D eigenvalue weighted by Crippen LogP contribution is 2.65. The van der Waals surface area contributed by atoms with E-state index < -0.39 is 34.8 Å². The van der Waals surface area contributed by atoms with Crippen molar-refractivity contribution in [2.24, 2.45) is 5.92 Å². The summed E-state index contributed by atoms with van der Waals surface area (Å²) in [6, 6.07) is 8.08. The van der Waals surface area contributed by atoms with E-state index >= 15 is 0 Å². The lowest BCUT2D eigenvalue weighted by Crippen LogP contribution is -2.78. The summed E-state index contributed by atoms with van der Waals surface area (Å²) in [5.41, 5.74) is 0.0175. The average molecular weight is 569 g/mol. The maximum atomic E-state index is 13.7. The van der Waals surface area contributed by atoms with Crippen molar-refractivity contribution < 1.29 is 32.5 Å². The standard InChI is InChI=1S/C32H35F3N2O4/c1-19(2)18-37(26(38)12-7-20-5-9-22(10-6-20)32(33,34)35)23-13-14-31(39)25-17-21-8-11-24(40-4)28-27(21)30(31,29(23)41-28)15-16-36(25)3/h5-6,8-11,19,23,25,29,39H,13-18H2,1-4H3/t23-,25-,29+,30+,31-/m1/s1. The fourth-order valence-electron chi connectivity index (χ4n) is 7.90. The largest absolute Gasteiger partial charge is 0.493 e. The van der Waals surface area contributed by atoms with Crippen LogP contribution in [0, 0.1) is 17.8 Å². The van der Waals surface area contributed by atoms with Gasteiger partial charge < -0.3 is 24.4 Å². The third-order valence-electron chi connectivity index (χ3n) is 9.65. The smallest absolute Gasteiger partial charge is 0.416 e. The molecule has 2 bridgehead atoms. The molecule has 1 amide bonds. The first-order valence-electron chi connectivity index (χ1n) is 14.2. The number of piperidine rings is 1. The molecule has 2 fully saturated rings. The van der Waals surface area contributed by atoms with Gasteiger partial charge in [0.15, 0.2) is 11.5 Å². The quantitative estimate of drug-likeness (QED) is 0.554. The van der Waals surface area contributed by atoms with Crippen LogP contribution in [0.2, 0.25) is 0 Å². The van der Waals surface area contributed by atoms with Crippen LogP contribution in [0.25, 0.3) is 0 Å². The lowest BCUT2D eigenvalue weighted by Gasteiger charge is -2.64. The Kier molecular flexibility index (Phi) is 6.59. The Labute approximate surface area is 238 Å². The molecule has 2 aromatic carbocycles. The van der Waals surface area contributed by atoms with Gasteiger partial charge in [0, 0.05) is 29.6 Å². The van der Waals surface area contributed by atoms with Crippen LogP contribution in [-0.2, 0) is 22.8 Å². The molecular weight excluding hydrogens is 533 g/mol. The number of benzene rings is 2. The second-order valence-electron chi connectivity index (χ2n) is 12.3. The van der Waals surface area contributed by atoms with Crippen molar-refractivity contribution in [2.75, 3.05) is 27.2 Å². The van der Waals surface area contributed by atoms with E-state index in [9.17, 15) is 23.1 Å². The lowest BCUT2D eigenvalue weighted by atomic mass is 9.48. The zero-order valence-electron chi connectivity index (χ0n) is 23.7. The molecule has 1 N–H and O–H groups in total. The number of likely N-dealkylation sites (tertiary alicyclic amines) is 1. The minimum absolute atomic E-state index is 0.0659. The van der Waals surface area contributed by atoms with E-state index in [1.165, 1.54) is 12.1 Å². The summed E-state index contributed by atoms with van der Waals surface area (Å²) in [4.78, 5) is 17.8. The fraction of sp³-hybridized carbons (Fsp3) is 0.531. The van der Waals surface area contributed by atoms with Gasteiger partial charge in [0.25, 0.3) is 5.91 Å². The molecule has 0 radical (unpaired) electrons. The van der Waals surface area contributed by atoms with Gasteiger partial charge in [-0.15, -0.1) is 0 Å². The fourth-order valence-corrected chi connectivity index (χ4v) is 7.90. The van der Waals surface area contributed by atoms with E-state index in [0.29, 0.717) is 42.9 Å². The third-order valence-corrected chi connectivity index (χ3v) is 9.65. The molecule has 5 atom stereocenters. The van der Waals surface area contributed by atoms with E-state index in [1.54, 1.807) is 12.0 Å². The number of rotatable bonds is 4. The number of aliphatic hydroxyl groups is 1. The van der Waals surface area contributed by atoms with Crippen LogP contribution in [0.15, 0.2) is 36.4 Å². The number of alkyl halides is 3. The Morgan fingerprint density at radius 3 is 2.61 bits per heavy atom. The summed E-state index contributed by atoms with van der Waals surface area (Å²) in [5, 5.41) is 12.5. The predicted octanol–water partition coefficient (Wildman–Crippen LogP) is 4.40. The number of carbonyl (C=O) groups excluding carboxylic acids is 1. The molecule has 2 heterocycles. The Morgan fingerprint density at radius 2 is 1.95 bits per heavy atom. The maximum Gasteiger partial charge on any atom is 0.416 e. The molecule has 1 saturated heterocycles.